The topological polar surface area (TPSA) is 79.6 Å². The molecule has 1 aromatic heterocycles. The number of likely N-dealkylation sites (tertiary alicyclic amines) is 1. The van der Waals surface area contributed by atoms with Crippen LogP contribution in [0.3, 0.4) is 0 Å². The summed E-state index contributed by atoms with van der Waals surface area (Å²) in [6.07, 6.45) is 3.16. The molecule has 30 heavy (non-hydrogen) atoms. The van der Waals surface area contributed by atoms with E-state index >= 15 is 0 Å². The van der Waals surface area contributed by atoms with Crippen LogP contribution in [0.15, 0.2) is 58.0 Å². The smallest absolute Gasteiger partial charge is 0.240 e. The van der Waals surface area contributed by atoms with Crippen molar-refractivity contribution < 1.29 is 17.6 Å². The summed E-state index contributed by atoms with van der Waals surface area (Å²) >= 11 is 0. The monoisotopic (exact) mass is 426 g/mol. The zero-order valence-electron chi connectivity index (χ0n) is 17.2. The molecule has 0 radical (unpaired) electrons. The van der Waals surface area contributed by atoms with E-state index < -0.39 is 10.0 Å². The lowest BCUT2D eigenvalue weighted by molar-refractivity contribution is -0.131. The van der Waals surface area contributed by atoms with Crippen LogP contribution in [0.2, 0.25) is 0 Å². The van der Waals surface area contributed by atoms with Gasteiger partial charge < -0.3 is 9.32 Å². The van der Waals surface area contributed by atoms with Crippen LogP contribution in [-0.4, -0.2) is 38.4 Å². The summed E-state index contributed by atoms with van der Waals surface area (Å²) in [5.41, 5.74) is 4.03. The lowest BCUT2D eigenvalue weighted by Crippen LogP contribution is -2.46. The first-order valence-electron chi connectivity index (χ1n) is 10.2. The van der Waals surface area contributed by atoms with Crippen LogP contribution in [0.5, 0.6) is 0 Å². The Balaban J connectivity index is 1.36. The first-order valence-corrected chi connectivity index (χ1v) is 11.6. The zero-order chi connectivity index (χ0) is 21.3. The van der Waals surface area contributed by atoms with Gasteiger partial charge in [-0.1, -0.05) is 18.2 Å². The van der Waals surface area contributed by atoms with Crippen molar-refractivity contribution in [2.24, 2.45) is 0 Å². The Labute approximate surface area is 176 Å². The fraction of sp³-hybridized carbons (Fsp3) is 0.348. The number of furan rings is 1. The van der Waals surface area contributed by atoms with E-state index in [1.807, 2.05) is 17.9 Å². The highest BCUT2D eigenvalue weighted by Crippen LogP contribution is 2.26. The Kier molecular flexibility index (Phi) is 5.66. The predicted molar refractivity (Wildman–Crippen MR) is 116 cm³/mol. The summed E-state index contributed by atoms with van der Waals surface area (Å²) in [4.78, 5) is 14.9. The van der Waals surface area contributed by atoms with Crippen LogP contribution in [0.25, 0.3) is 11.0 Å². The second kappa shape index (κ2) is 8.24. The van der Waals surface area contributed by atoms with Crippen LogP contribution in [0.4, 0.5) is 0 Å². The average Bonchev–Trinajstić information content (AvgIpc) is 3.10. The number of carbonyl (C=O) groups excluding carboxylic acids is 1. The molecule has 2 heterocycles. The molecule has 158 valence electrons. The molecule has 7 heteroatoms. The number of sulfonamides is 1. The average molecular weight is 427 g/mol. The molecule has 1 fully saturated rings. The van der Waals surface area contributed by atoms with Crippen LogP contribution in [0, 0.1) is 13.8 Å². The standard InChI is InChI=1S/C23H26N2O4S/c1-16-12-21-18(15-29-22(21)13-17(16)2)14-23(26)25-10-8-19(9-11-25)24-30(27,28)20-6-4-3-5-7-20/h3-7,12-13,15,19,24H,8-11,14H2,1-2H3. The molecule has 1 aliphatic rings. The lowest BCUT2D eigenvalue weighted by atomic mass is 10.0. The Bertz CT molecular complexity index is 1160. The van der Waals surface area contributed by atoms with Gasteiger partial charge in [-0.25, -0.2) is 13.1 Å². The van der Waals surface area contributed by atoms with Gasteiger partial charge in [0.15, 0.2) is 0 Å². The van der Waals surface area contributed by atoms with Gasteiger partial charge in [0.2, 0.25) is 15.9 Å². The summed E-state index contributed by atoms with van der Waals surface area (Å²) < 4.78 is 33.4. The van der Waals surface area contributed by atoms with Crippen LogP contribution in [0.1, 0.15) is 29.5 Å². The molecule has 0 saturated carbocycles. The highest BCUT2D eigenvalue weighted by Gasteiger charge is 2.27. The number of nitrogens with one attached hydrogen (secondary N) is 1. The zero-order valence-corrected chi connectivity index (χ0v) is 18.0. The SMILES string of the molecule is Cc1cc2occ(CC(=O)N3CCC(NS(=O)(=O)c4ccccc4)CC3)c2cc1C. The molecular formula is C23H26N2O4S. The van der Waals surface area contributed by atoms with Gasteiger partial charge in [-0.3, -0.25) is 4.79 Å². The molecule has 6 nitrogen and oxygen atoms in total. The van der Waals surface area contributed by atoms with Gasteiger partial charge in [0.1, 0.15) is 5.58 Å². The van der Waals surface area contributed by atoms with Crippen molar-refractivity contribution in [2.45, 2.75) is 44.0 Å². The highest BCUT2D eigenvalue weighted by molar-refractivity contribution is 7.89. The van der Waals surface area contributed by atoms with Gasteiger partial charge >= 0.3 is 0 Å². The van der Waals surface area contributed by atoms with Crippen molar-refractivity contribution in [3.8, 4) is 0 Å². The largest absolute Gasteiger partial charge is 0.464 e. The van der Waals surface area contributed by atoms with Crippen molar-refractivity contribution in [1.82, 2.24) is 9.62 Å². The summed E-state index contributed by atoms with van der Waals surface area (Å²) in [5.74, 6) is 0.0419. The number of rotatable bonds is 5. The van der Waals surface area contributed by atoms with E-state index in [4.69, 9.17) is 4.42 Å². The molecule has 1 saturated heterocycles. The molecule has 1 N–H and O–H groups in total. The van der Waals surface area contributed by atoms with E-state index in [1.165, 1.54) is 5.56 Å². The van der Waals surface area contributed by atoms with Gasteiger partial charge in [0.25, 0.3) is 0 Å². The Morgan fingerprint density at radius 3 is 2.47 bits per heavy atom. The van der Waals surface area contributed by atoms with Crippen molar-refractivity contribution in [3.63, 3.8) is 0 Å². The van der Waals surface area contributed by atoms with E-state index in [9.17, 15) is 13.2 Å². The first kappa shape index (κ1) is 20.6. The molecule has 0 atom stereocenters. The minimum absolute atomic E-state index is 0.0419. The third-order valence-corrected chi connectivity index (χ3v) is 7.37. The number of hydrogen-bond donors (Lipinski definition) is 1. The molecule has 1 amide bonds. The van der Waals surface area contributed by atoms with E-state index in [-0.39, 0.29) is 23.3 Å². The Morgan fingerprint density at radius 2 is 1.77 bits per heavy atom. The van der Waals surface area contributed by atoms with Gasteiger partial charge in [-0.15, -0.1) is 0 Å². The fourth-order valence-electron chi connectivity index (χ4n) is 3.88. The summed E-state index contributed by atoms with van der Waals surface area (Å²) in [6, 6.07) is 12.3. The molecule has 0 unspecified atom stereocenters. The maximum absolute atomic E-state index is 12.8. The number of fused-ring (bicyclic) bond motifs is 1. The number of nitrogens with zero attached hydrogens (tertiary/aromatic N) is 1. The van der Waals surface area contributed by atoms with Crippen molar-refractivity contribution in [2.75, 3.05) is 13.1 Å². The molecular weight excluding hydrogens is 400 g/mol. The molecule has 0 aliphatic carbocycles. The summed E-state index contributed by atoms with van der Waals surface area (Å²) in [7, 11) is -3.54. The Morgan fingerprint density at radius 1 is 1.10 bits per heavy atom. The summed E-state index contributed by atoms with van der Waals surface area (Å²) in [5, 5.41) is 0.983. The molecule has 1 aliphatic heterocycles. The maximum atomic E-state index is 12.8. The minimum atomic E-state index is -3.54. The second-order valence-electron chi connectivity index (χ2n) is 7.96. The van der Waals surface area contributed by atoms with Crippen LogP contribution < -0.4 is 4.72 Å². The third-order valence-electron chi connectivity index (χ3n) is 5.83. The number of hydrogen-bond acceptors (Lipinski definition) is 4. The first-order chi connectivity index (χ1) is 14.3. The number of piperidine rings is 1. The molecule has 4 rings (SSSR count). The normalized spacial score (nSPS) is 15.6. The van der Waals surface area contributed by atoms with E-state index in [0.717, 1.165) is 22.1 Å². The molecule has 0 bridgehead atoms. The van der Waals surface area contributed by atoms with E-state index in [1.54, 1.807) is 36.6 Å². The minimum Gasteiger partial charge on any atom is -0.464 e. The number of carbonyl (C=O) groups is 1. The van der Waals surface area contributed by atoms with Crippen molar-refractivity contribution in [1.29, 1.82) is 0 Å². The number of amides is 1. The summed E-state index contributed by atoms with van der Waals surface area (Å²) in [6.45, 7) is 5.16. The molecule has 3 aromatic rings. The Hall–Kier alpha value is -2.64. The fourth-order valence-corrected chi connectivity index (χ4v) is 5.21. The number of aryl methyl sites for hydroxylation is 2. The maximum Gasteiger partial charge on any atom is 0.240 e. The van der Waals surface area contributed by atoms with Gasteiger partial charge in [-0.05, 0) is 62.1 Å². The van der Waals surface area contributed by atoms with Crippen molar-refractivity contribution in [3.05, 3.63) is 65.4 Å². The van der Waals surface area contributed by atoms with Crippen LogP contribution >= 0.6 is 0 Å². The predicted octanol–water partition coefficient (Wildman–Crippen LogP) is 3.56. The number of benzene rings is 2. The third kappa shape index (κ3) is 4.27. The van der Waals surface area contributed by atoms with E-state index in [0.29, 0.717) is 25.9 Å². The highest BCUT2D eigenvalue weighted by atomic mass is 32.2. The van der Waals surface area contributed by atoms with Gasteiger partial charge in [0, 0.05) is 30.1 Å². The van der Waals surface area contributed by atoms with Gasteiger partial charge in [-0.2, -0.15) is 0 Å². The van der Waals surface area contributed by atoms with E-state index in [2.05, 4.69) is 17.7 Å². The lowest BCUT2D eigenvalue weighted by Gasteiger charge is -2.32. The molecule has 2 aromatic carbocycles. The molecule has 0 spiro atoms. The second-order valence-corrected chi connectivity index (χ2v) is 9.67. The van der Waals surface area contributed by atoms with Crippen molar-refractivity contribution >= 4 is 26.9 Å². The van der Waals surface area contributed by atoms with Crippen LogP contribution in [-0.2, 0) is 21.2 Å². The van der Waals surface area contributed by atoms with Gasteiger partial charge in [0.05, 0.1) is 17.6 Å². The quantitative estimate of drug-likeness (QED) is 0.677.